The summed E-state index contributed by atoms with van der Waals surface area (Å²) in [4.78, 5) is 0. The molecule has 0 bridgehead atoms. The minimum absolute atomic E-state index is 0.0840. The summed E-state index contributed by atoms with van der Waals surface area (Å²) in [6.07, 6.45) is 2.72. The van der Waals surface area contributed by atoms with E-state index >= 15 is 0 Å². The molecule has 0 amide bonds. The van der Waals surface area contributed by atoms with E-state index < -0.39 is 11.6 Å². The van der Waals surface area contributed by atoms with E-state index in [2.05, 4.69) is 17.4 Å². The van der Waals surface area contributed by atoms with E-state index in [1.165, 1.54) is 17.7 Å². The van der Waals surface area contributed by atoms with Crippen molar-refractivity contribution in [1.29, 1.82) is 0 Å². The Bertz CT molecular complexity index is 540. The third kappa shape index (κ3) is 3.87. The molecular weight excluding hydrogens is 256 g/mol. The van der Waals surface area contributed by atoms with Crippen LogP contribution in [0.3, 0.4) is 0 Å². The summed E-state index contributed by atoms with van der Waals surface area (Å²) in [6.45, 7) is 0. The molecule has 0 aliphatic carbocycles. The lowest BCUT2D eigenvalue weighted by Crippen LogP contribution is -2.18. The van der Waals surface area contributed by atoms with E-state index in [9.17, 15) is 8.78 Å². The molecule has 20 heavy (non-hydrogen) atoms. The van der Waals surface area contributed by atoms with Gasteiger partial charge in [-0.15, -0.1) is 0 Å². The first kappa shape index (κ1) is 14.7. The molecule has 0 spiro atoms. The number of nitrogens with one attached hydrogen (secondary N) is 1. The first-order chi connectivity index (χ1) is 9.70. The Morgan fingerprint density at radius 1 is 1.05 bits per heavy atom. The molecule has 2 aromatic carbocycles. The largest absolute Gasteiger partial charge is 0.313 e. The Morgan fingerprint density at radius 2 is 1.80 bits per heavy atom. The summed E-state index contributed by atoms with van der Waals surface area (Å²) < 4.78 is 26.7. The van der Waals surface area contributed by atoms with Crippen molar-refractivity contribution in [3.8, 4) is 0 Å². The number of aryl methyl sites for hydroxylation is 1. The van der Waals surface area contributed by atoms with Crippen LogP contribution in [0.15, 0.2) is 48.5 Å². The van der Waals surface area contributed by atoms with Gasteiger partial charge in [-0.25, -0.2) is 8.78 Å². The number of halogens is 2. The fourth-order valence-corrected chi connectivity index (χ4v) is 2.39. The van der Waals surface area contributed by atoms with Gasteiger partial charge >= 0.3 is 0 Å². The van der Waals surface area contributed by atoms with E-state index in [0.717, 1.165) is 25.3 Å². The van der Waals surface area contributed by atoms with Gasteiger partial charge in [-0.3, -0.25) is 0 Å². The van der Waals surface area contributed by atoms with Gasteiger partial charge in [-0.05, 0) is 37.9 Å². The van der Waals surface area contributed by atoms with E-state index in [4.69, 9.17) is 0 Å². The highest BCUT2D eigenvalue weighted by Crippen LogP contribution is 2.22. The molecule has 0 aromatic heterocycles. The molecule has 3 heteroatoms. The van der Waals surface area contributed by atoms with Crippen LogP contribution >= 0.6 is 0 Å². The highest BCUT2D eigenvalue weighted by molar-refractivity contribution is 5.22. The standard InChI is InChI=1S/C17H19F2N/c1-20-17(15-11-10-14(18)12-16(15)19)9-5-8-13-6-3-2-4-7-13/h2-4,6-7,10-12,17,20H,5,8-9H2,1H3. The second kappa shape index (κ2) is 7.15. The van der Waals surface area contributed by atoms with Gasteiger partial charge in [-0.1, -0.05) is 36.4 Å². The summed E-state index contributed by atoms with van der Waals surface area (Å²) >= 11 is 0. The van der Waals surface area contributed by atoms with Gasteiger partial charge in [0.15, 0.2) is 0 Å². The van der Waals surface area contributed by atoms with Crippen molar-refractivity contribution in [3.63, 3.8) is 0 Å². The van der Waals surface area contributed by atoms with Crippen molar-refractivity contribution in [2.75, 3.05) is 7.05 Å². The van der Waals surface area contributed by atoms with Crippen LogP contribution in [0.4, 0.5) is 8.78 Å². The number of benzene rings is 2. The summed E-state index contributed by atoms with van der Waals surface area (Å²) in [6, 6.07) is 13.9. The van der Waals surface area contributed by atoms with E-state index in [0.29, 0.717) is 5.56 Å². The Morgan fingerprint density at radius 3 is 2.45 bits per heavy atom. The second-order valence-corrected chi connectivity index (χ2v) is 4.88. The Kier molecular flexibility index (Phi) is 5.24. The molecule has 1 nitrogen and oxygen atoms in total. The molecule has 2 rings (SSSR count). The zero-order valence-corrected chi connectivity index (χ0v) is 11.6. The SMILES string of the molecule is CNC(CCCc1ccccc1)c1ccc(F)cc1F. The lowest BCUT2D eigenvalue weighted by atomic mass is 9.98. The third-order valence-corrected chi connectivity index (χ3v) is 3.49. The molecule has 0 saturated heterocycles. The van der Waals surface area contributed by atoms with Crippen LogP contribution in [0.25, 0.3) is 0 Å². The summed E-state index contributed by atoms with van der Waals surface area (Å²) in [5.41, 5.74) is 1.81. The average Bonchev–Trinajstić information content (AvgIpc) is 2.46. The molecule has 1 atom stereocenters. The van der Waals surface area contributed by atoms with Crippen LogP contribution in [0.1, 0.15) is 30.0 Å². The fraction of sp³-hybridized carbons (Fsp3) is 0.294. The normalized spacial score (nSPS) is 12.3. The number of hydrogen-bond donors (Lipinski definition) is 1. The first-order valence-corrected chi connectivity index (χ1v) is 6.87. The predicted octanol–water partition coefficient (Wildman–Crippen LogP) is 4.25. The second-order valence-electron chi connectivity index (χ2n) is 4.88. The summed E-state index contributed by atoms with van der Waals surface area (Å²) in [5, 5.41) is 3.10. The number of rotatable bonds is 6. The van der Waals surface area contributed by atoms with Crippen LogP contribution in [0, 0.1) is 11.6 Å². The lowest BCUT2D eigenvalue weighted by molar-refractivity contribution is 0.488. The van der Waals surface area contributed by atoms with Crippen molar-refractivity contribution >= 4 is 0 Å². The molecule has 0 saturated carbocycles. The number of hydrogen-bond acceptors (Lipinski definition) is 1. The quantitative estimate of drug-likeness (QED) is 0.831. The van der Waals surface area contributed by atoms with Crippen molar-refractivity contribution < 1.29 is 8.78 Å². The lowest BCUT2D eigenvalue weighted by Gasteiger charge is -2.17. The van der Waals surface area contributed by atoms with Gasteiger partial charge in [0.1, 0.15) is 11.6 Å². The Hall–Kier alpha value is -1.74. The van der Waals surface area contributed by atoms with Crippen molar-refractivity contribution in [3.05, 3.63) is 71.3 Å². The first-order valence-electron chi connectivity index (χ1n) is 6.87. The van der Waals surface area contributed by atoms with Crippen LogP contribution < -0.4 is 5.32 Å². The minimum Gasteiger partial charge on any atom is -0.313 e. The molecule has 0 radical (unpaired) electrons. The van der Waals surface area contributed by atoms with Crippen molar-refractivity contribution in [2.45, 2.75) is 25.3 Å². The van der Waals surface area contributed by atoms with Crippen LogP contribution in [-0.2, 0) is 6.42 Å². The topological polar surface area (TPSA) is 12.0 Å². The summed E-state index contributed by atoms with van der Waals surface area (Å²) in [7, 11) is 1.80. The molecule has 106 valence electrons. The molecule has 0 aliphatic rings. The Labute approximate surface area is 118 Å². The van der Waals surface area contributed by atoms with Gasteiger partial charge in [0, 0.05) is 17.7 Å². The van der Waals surface area contributed by atoms with Gasteiger partial charge < -0.3 is 5.32 Å². The van der Waals surface area contributed by atoms with Crippen molar-refractivity contribution in [2.24, 2.45) is 0 Å². The maximum atomic E-state index is 13.8. The predicted molar refractivity (Wildman–Crippen MR) is 77.5 cm³/mol. The summed E-state index contributed by atoms with van der Waals surface area (Å²) in [5.74, 6) is -1.02. The highest BCUT2D eigenvalue weighted by atomic mass is 19.1. The minimum atomic E-state index is -0.537. The van der Waals surface area contributed by atoms with Gasteiger partial charge in [0.05, 0.1) is 0 Å². The van der Waals surface area contributed by atoms with Crippen molar-refractivity contribution in [1.82, 2.24) is 5.32 Å². The fourth-order valence-electron chi connectivity index (χ4n) is 2.39. The molecular formula is C17H19F2N. The molecule has 0 aliphatic heterocycles. The average molecular weight is 275 g/mol. The van der Waals surface area contributed by atoms with Gasteiger partial charge in [0.2, 0.25) is 0 Å². The van der Waals surface area contributed by atoms with E-state index in [1.807, 2.05) is 18.2 Å². The zero-order valence-electron chi connectivity index (χ0n) is 11.6. The molecule has 0 heterocycles. The van der Waals surface area contributed by atoms with Crippen LogP contribution in [-0.4, -0.2) is 7.05 Å². The molecule has 1 N–H and O–H groups in total. The monoisotopic (exact) mass is 275 g/mol. The van der Waals surface area contributed by atoms with E-state index in [1.54, 1.807) is 7.05 Å². The van der Waals surface area contributed by atoms with Gasteiger partial charge in [0.25, 0.3) is 0 Å². The third-order valence-electron chi connectivity index (χ3n) is 3.49. The maximum absolute atomic E-state index is 13.8. The molecule has 0 fully saturated rings. The van der Waals surface area contributed by atoms with E-state index in [-0.39, 0.29) is 6.04 Å². The Balaban J connectivity index is 1.95. The molecule has 1 unspecified atom stereocenters. The molecule has 2 aromatic rings. The smallest absolute Gasteiger partial charge is 0.130 e. The highest BCUT2D eigenvalue weighted by Gasteiger charge is 2.14. The van der Waals surface area contributed by atoms with Gasteiger partial charge in [-0.2, -0.15) is 0 Å². The maximum Gasteiger partial charge on any atom is 0.130 e. The zero-order chi connectivity index (χ0) is 14.4. The van der Waals surface area contributed by atoms with Crippen LogP contribution in [0.2, 0.25) is 0 Å². The van der Waals surface area contributed by atoms with Crippen LogP contribution in [0.5, 0.6) is 0 Å².